The summed E-state index contributed by atoms with van der Waals surface area (Å²) >= 11 is 1.46. The van der Waals surface area contributed by atoms with Crippen LogP contribution in [-0.4, -0.2) is 29.0 Å². The van der Waals surface area contributed by atoms with Gasteiger partial charge in [-0.3, -0.25) is 0 Å². The van der Waals surface area contributed by atoms with Crippen LogP contribution in [0.4, 0.5) is 11.4 Å². The number of aryl methyl sites for hydroxylation is 1. The first-order valence-corrected chi connectivity index (χ1v) is 11.2. The van der Waals surface area contributed by atoms with Crippen LogP contribution in [0.3, 0.4) is 0 Å². The third kappa shape index (κ3) is 3.90. The van der Waals surface area contributed by atoms with E-state index >= 15 is 0 Å². The van der Waals surface area contributed by atoms with Gasteiger partial charge in [-0.2, -0.15) is 15.6 Å². The van der Waals surface area contributed by atoms with E-state index in [4.69, 9.17) is 9.84 Å². The number of thiophene rings is 1. The SMILES string of the molecule is CCOC(=O)[C@]1(C#N)[C@@H](c2ccc(C)cc2)C(c2cccs2)=NN1c1ccc([NH+]([O-])O)cc1. The van der Waals surface area contributed by atoms with Gasteiger partial charge in [-0.1, -0.05) is 35.9 Å². The first kappa shape index (κ1) is 22.6. The van der Waals surface area contributed by atoms with Gasteiger partial charge in [0.1, 0.15) is 6.07 Å². The molecular formula is C24H22N4O4S. The molecule has 33 heavy (non-hydrogen) atoms. The van der Waals surface area contributed by atoms with Gasteiger partial charge in [-0.15, -0.1) is 11.3 Å². The number of nitrogens with zero attached hydrogens (tertiary/aromatic N) is 3. The van der Waals surface area contributed by atoms with Crippen molar-refractivity contribution in [3.8, 4) is 6.07 Å². The van der Waals surface area contributed by atoms with Gasteiger partial charge in [-0.25, -0.2) is 15.0 Å². The molecule has 4 rings (SSSR count). The molecule has 2 N–H and O–H groups in total. The number of anilines is 1. The summed E-state index contributed by atoms with van der Waals surface area (Å²) in [7, 11) is 0. The van der Waals surface area contributed by atoms with Crippen LogP contribution in [0.5, 0.6) is 0 Å². The van der Waals surface area contributed by atoms with Crippen molar-refractivity contribution in [3.05, 3.63) is 87.3 Å². The summed E-state index contributed by atoms with van der Waals surface area (Å²) in [4.78, 5) is 14.3. The Morgan fingerprint density at radius 2 is 1.97 bits per heavy atom. The van der Waals surface area contributed by atoms with Gasteiger partial charge in [-0.05, 0) is 43.0 Å². The van der Waals surface area contributed by atoms with E-state index in [1.807, 2.05) is 48.7 Å². The van der Waals surface area contributed by atoms with E-state index in [0.29, 0.717) is 11.4 Å². The Bertz CT molecular complexity index is 1200. The average Bonchev–Trinajstić information content (AvgIpc) is 3.46. The number of hydrogen-bond donors (Lipinski definition) is 2. The number of carbonyl (C=O) groups excluding carboxylic acids is 1. The summed E-state index contributed by atoms with van der Waals surface area (Å²) in [6, 6.07) is 19.6. The van der Waals surface area contributed by atoms with Crippen molar-refractivity contribution in [1.29, 1.82) is 5.26 Å². The molecule has 0 saturated carbocycles. The van der Waals surface area contributed by atoms with Crippen molar-refractivity contribution < 1.29 is 20.0 Å². The number of ether oxygens (including phenoxy) is 1. The zero-order valence-electron chi connectivity index (χ0n) is 18.1. The second-order valence-corrected chi connectivity index (χ2v) is 8.52. The highest BCUT2D eigenvalue weighted by Gasteiger charge is 2.60. The highest BCUT2D eigenvalue weighted by atomic mass is 32.1. The van der Waals surface area contributed by atoms with E-state index in [2.05, 4.69) is 6.07 Å². The van der Waals surface area contributed by atoms with Crippen LogP contribution in [0.15, 0.2) is 71.1 Å². The summed E-state index contributed by atoms with van der Waals surface area (Å²) < 4.78 is 5.41. The number of esters is 1. The lowest BCUT2D eigenvalue weighted by atomic mass is 9.77. The number of hydrogen-bond acceptors (Lipinski definition) is 8. The van der Waals surface area contributed by atoms with Crippen LogP contribution in [0, 0.1) is 23.5 Å². The standard InChI is InChI=1S/C24H22N4O4S/c1-3-32-23(29)24(15-25)21(17-8-6-16(2)7-9-17)22(20-5-4-14-33-20)26-27(24)18-10-12-19(13-11-18)28(30)31/h4-14,21,28,30H,3H2,1-2H3/t21-,24-/m0/s1. The molecule has 1 aliphatic rings. The first-order valence-electron chi connectivity index (χ1n) is 10.3. The molecule has 0 amide bonds. The number of quaternary nitrogens is 1. The van der Waals surface area contributed by atoms with Gasteiger partial charge in [0.05, 0.1) is 28.8 Å². The number of nitriles is 1. The maximum absolute atomic E-state index is 13.5. The minimum Gasteiger partial charge on any atom is -0.595 e. The third-order valence-electron chi connectivity index (χ3n) is 5.53. The van der Waals surface area contributed by atoms with Crippen molar-refractivity contribution >= 4 is 34.4 Å². The van der Waals surface area contributed by atoms with Gasteiger partial charge < -0.3 is 9.94 Å². The quantitative estimate of drug-likeness (QED) is 0.429. The van der Waals surface area contributed by atoms with Crippen molar-refractivity contribution in [1.82, 2.24) is 0 Å². The van der Waals surface area contributed by atoms with E-state index < -0.39 is 22.7 Å². The summed E-state index contributed by atoms with van der Waals surface area (Å²) in [6.07, 6.45) is 0. The lowest BCUT2D eigenvalue weighted by Crippen LogP contribution is -2.99. The van der Waals surface area contributed by atoms with Crippen molar-refractivity contribution in [2.75, 3.05) is 11.6 Å². The maximum Gasteiger partial charge on any atom is 0.350 e. The molecule has 1 aliphatic heterocycles. The molecule has 3 atom stereocenters. The number of hydrazone groups is 1. The topological polar surface area (TPSA) is 113 Å². The maximum atomic E-state index is 13.5. The van der Waals surface area contributed by atoms with Gasteiger partial charge in [0.25, 0.3) is 5.54 Å². The fourth-order valence-electron chi connectivity index (χ4n) is 3.95. The van der Waals surface area contributed by atoms with E-state index in [9.17, 15) is 20.5 Å². The van der Waals surface area contributed by atoms with Crippen molar-refractivity contribution in [2.24, 2.45) is 5.10 Å². The van der Waals surface area contributed by atoms with Gasteiger partial charge >= 0.3 is 5.97 Å². The normalized spacial score (nSPS) is 20.8. The predicted molar refractivity (Wildman–Crippen MR) is 124 cm³/mol. The molecular weight excluding hydrogens is 440 g/mol. The van der Waals surface area contributed by atoms with E-state index in [1.54, 1.807) is 19.1 Å². The van der Waals surface area contributed by atoms with Crippen LogP contribution in [0.1, 0.15) is 28.8 Å². The lowest BCUT2D eigenvalue weighted by Gasteiger charge is -2.34. The lowest BCUT2D eigenvalue weighted by molar-refractivity contribution is -0.991. The monoisotopic (exact) mass is 462 g/mol. The summed E-state index contributed by atoms with van der Waals surface area (Å²) in [6.45, 7) is 3.75. The van der Waals surface area contributed by atoms with Crippen LogP contribution >= 0.6 is 11.3 Å². The van der Waals surface area contributed by atoms with Crippen molar-refractivity contribution in [2.45, 2.75) is 25.3 Å². The zero-order chi connectivity index (χ0) is 23.6. The van der Waals surface area contributed by atoms with E-state index in [-0.39, 0.29) is 12.3 Å². The molecule has 0 aliphatic carbocycles. The molecule has 0 fully saturated rings. The van der Waals surface area contributed by atoms with Crippen LogP contribution in [-0.2, 0) is 9.53 Å². The first-order chi connectivity index (χ1) is 15.9. The summed E-state index contributed by atoms with van der Waals surface area (Å²) in [5.41, 5.74) is 1.08. The molecule has 2 heterocycles. The number of carbonyl (C=O) groups is 1. The minimum atomic E-state index is -1.81. The zero-order valence-corrected chi connectivity index (χ0v) is 18.9. The Kier molecular flexibility index (Phi) is 6.26. The molecule has 3 aromatic rings. The third-order valence-corrected chi connectivity index (χ3v) is 6.43. The fraction of sp³-hybridized carbons (Fsp3) is 0.208. The highest BCUT2D eigenvalue weighted by molar-refractivity contribution is 7.12. The minimum absolute atomic E-state index is 0.0918. The highest BCUT2D eigenvalue weighted by Crippen LogP contribution is 2.46. The fourth-order valence-corrected chi connectivity index (χ4v) is 4.69. The number of benzene rings is 2. The smallest absolute Gasteiger partial charge is 0.350 e. The second kappa shape index (κ2) is 9.13. The number of rotatable bonds is 6. The molecule has 9 heteroatoms. The van der Waals surface area contributed by atoms with Gasteiger partial charge in [0.2, 0.25) is 0 Å². The molecule has 8 nitrogen and oxygen atoms in total. The summed E-state index contributed by atoms with van der Waals surface area (Å²) in [5, 5.41) is 38.1. The molecule has 0 radical (unpaired) electrons. The van der Waals surface area contributed by atoms with E-state index in [1.165, 1.54) is 28.5 Å². The largest absolute Gasteiger partial charge is 0.595 e. The predicted octanol–water partition coefficient (Wildman–Crippen LogP) is 3.29. The molecule has 0 spiro atoms. The van der Waals surface area contributed by atoms with Crippen LogP contribution < -0.4 is 10.2 Å². The second-order valence-electron chi connectivity index (χ2n) is 7.57. The van der Waals surface area contributed by atoms with Crippen molar-refractivity contribution in [3.63, 3.8) is 0 Å². The molecule has 0 saturated heterocycles. The Hall–Kier alpha value is -3.55. The molecule has 0 bridgehead atoms. The summed E-state index contributed by atoms with van der Waals surface area (Å²) in [5.74, 6) is -1.43. The molecule has 1 unspecified atom stereocenters. The van der Waals surface area contributed by atoms with Gasteiger partial charge in [0.15, 0.2) is 5.69 Å². The van der Waals surface area contributed by atoms with E-state index in [0.717, 1.165) is 16.0 Å². The Morgan fingerprint density at radius 1 is 1.27 bits per heavy atom. The molecule has 2 aromatic carbocycles. The number of nitrogens with one attached hydrogen (secondary N) is 1. The molecule has 1 aromatic heterocycles. The van der Waals surface area contributed by atoms with Crippen LogP contribution in [0.2, 0.25) is 0 Å². The Balaban J connectivity index is 1.96. The Labute approximate surface area is 195 Å². The van der Waals surface area contributed by atoms with Gasteiger partial charge in [0, 0.05) is 12.1 Å². The Morgan fingerprint density at radius 3 is 2.52 bits per heavy atom. The van der Waals surface area contributed by atoms with Crippen LogP contribution in [0.25, 0.3) is 0 Å². The average molecular weight is 463 g/mol. The molecule has 168 valence electrons.